The summed E-state index contributed by atoms with van der Waals surface area (Å²) in [6.07, 6.45) is 1.31. The Morgan fingerprint density at radius 1 is 1.03 bits per heavy atom. The van der Waals surface area contributed by atoms with Gasteiger partial charge in [-0.25, -0.2) is 9.69 Å². The van der Waals surface area contributed by atoms with Crippen molar-refractivity contribution >= 4 is 64.4 Å². The Hall–Kier alpha value is -4.14. The molecule has 0 spiro atoms. The van der Waals surface area contributed by atoms with E-state index in [-0.39, 0.29) is 34.5 Å². The van der Waals surface area contributed by atoms with Crippen LogP contribution in [0.15, 0.2) is 66.2 Å². The summed E-state index contributed by atoms with van der Waals surface area (Å²) < 4.78 is 5.55. The first-order chi connectivity index (χ1) is 17.6. The van der Waals surface area contributed by atoms with Crippen molar-refractivity contribution in [3.8, 4) is 5.75 Å². The van der Waals surface area contributed by atoms with E-state index in [1.807, 2.05) is 32.0 Å². The smallest absolute Gasteiger partial charge is 0.335 e. The number of benzene rings is 3. The van der Waals surface area contributed by atoms with Gasteiger partial charge < -0.3 is 10.1 Å². The maximum absolute atomic E-state index is 13.0. The third kappa shape index (κ3) is 5.99. The second-order valence-electron chi connectivity index (χ2n) is 8.28. The minimum absolute atomic E-state index is 0.167. The number of amides is 5. The fraction of sp³-hybridized carbons (Fsp3) is 0.111. The van der Waals surface area contributed by atoms with Crippen LogP contribution < -0.4 is 20.3 Å². The molecule has 0 aliphatic carbocycles. The molecule has 10 heteroatoms. The predicted octanol–water partition coefficient (Wildman–Crippen LogP) is 5.29. The van der Waals surface area contributed by atoms with Gasteiger partial charge in [0.05, 0.1) is 10.7 Å². The molecule has 1 fully saturated rings. The summed E-state index contributed by atoms with van der Waals surface area (Å²) in [4.78, 5) is 50.9. The molecule has 0 aromatic heterocycles. The van der Waals surface area contributed by atoms with Gasteiger partial charge in [0.25, 0.3) is 17.7 Å². The lowest BCUT2D eigenvalue weighted by Gasteiger charge is -2.26. The summed E-state index contributed by atoms with van der Waals surface area (Å²) in [5.41, 5.74) is 3.07. The van der Waals surface area contributed by atoms with Gasteiger partial charge in [-0.15, -0.1) is 0 Å². The van der Waals surface area contributed by atoms with E-state index in [1.54, 1.807) is 18.2 Å². The summed E-state index contributed by atoms with van der Waals surface area (Å²) >= 11 is 12.3. The molecule has 0 atom stereocenters. The number of urea groups is 1. The summed E-state index contributed by atoms with van der Waals surface area (Å²) in [6, 6.07) is 15.5. The number of anilines is 2. The molecule has 1 heterocycles. The van der Waals surface area contributed by atoms with Crippen molar-refractivity contribution in [2.24, 2.45) is 0 Å². The summed E-state index contributed by atoms with van der Waals surface area (Å²) in [5.74, 6) is -1.76. The Balaban J connectivity index is 1.47. The highest BCUT2D eigenvalue weighted by Crippen LogP contribution is 2.28. The Morgan fingerprint density at radius 3 is 2.51 bits per heavy atom. The molecule has 1 saturated heterocycles. The molecule has 1 aliphatic rings. The lowest BCUT2D eigenvalue weighted by Crippen LogP contribution is -2.54. The number of hydrogen-bond acceptors (Lipinski definition) is 5. The van der Waals surface area contributed by atoms with Crippen molar-refractivity contribution in [2.75, 3.05) is 16.8 Å². The zero-order chi connectivity index (χ0) is 26.7. The van der Waals surface area contributed by atoms with Gasteiger partial charge in [0, 0.05) is 10.7 Å². The number of imide groups is 2. The van der Waals surface area contributed by atoms with Gasteiger partial charge in [0.1, 0.15) is 11.3 Å². The van der Waals surface area contributed by atoms with Crippen molar-refractivity contribution in [2.45, 2.75) is 13.8 Å². The molecule has 1 aliphatic heterocycles. The molecule has 5 amide bonds. The molecule has 8 nitrogen and oxygen atoms in total. The average molecular weight is 538 g/mol. The van der Waals surface area contributed by atoms with Gasteiger partial charge in [-0.3, -0.25) is 19.7 Å². The molecule has 0 saturated carbocycles. The highest BCUT2D eigenvalue weighted by atomic mass is 35.5. The van der Waals surface area contributed by atoms with Crippen LogP contribution in [0, 0.1) is 13.8 Å². The number of carbonyl (C=O) groups excluding carboxylic acids is 4. The first kappa shape index (κ1) is 25.9. The first-order valence-corrected chi connectivity index (χ1v) is 11.8. The normalized spacial score (nSPS) is 14.5. The maximum atomic E-state index is 13.0. The van der Waals surface area contributed by atoms with Crippen LogP contribution in [0.5, 0.6) is 5.75 Å². The fourth-order valence-electron chi connectivity index (χ4n) is 3.68. The van der Waals surface area contributed by atoms with E-state index in [9.17, 15) is 19.2 Å². The van der Waals surface area contributed by atoms with E-state index >= 15 is 0 Å². The molecule has 0 bridgehead atoms. The van der Waals surface area contributed by atoms with Gasteiger partial charge in [-0.05, 0) is 67.4 Å². The van der Waals surface area contributed by atoms with E-state index in [1.165, 1.54) is 30.3 Å². The van der Waals surface area contributed by atoms with Crippen LogP contribution >= 0.6 is 23.2 Å². The van der Waals surface area contributed by atoms with E-state index in [4.69, 9.17) is 27.9 Å². The van der Waals surface area contributed by atoms with Gasteiger partial charge >= 0.3 is 6.03 Å². The number of aryl methyl sites for hydroxylation is 2. The minimum Gasteiger partial charge on any atom is -0.482 e. The quantitative estimate of drug-likeness (QED) is 0.328. The van der Waals surface area contributed by atoms with Crippen molar-refractivity contribution in [3.63, 3.8) is 0 Å². The van der Waals surface area contributed by atoms with Crippen molar-refractivity contribution in [1.29, 1.82) is 0 Å². The number of carbonyl (C=O) groups is 4. The van der Waals surface area contributed by atoms with Crippen LogP contribution in [0.1, 0.15) is 16.7 Å². The Morgan fingerprint density at radius 2 is 1.81 bits per heavy atom. The number of nitrogens with one attached hydrogen (secondary N) is 2. The fourth-order valence-corrected chi connectivity index (χ4v) is 4.11. The molecule has 188 valence electrons. The van der Waals surface area contributed by atoms with E-state index in [0.29, 0.717) is 16.3 Å². The molecule has 0 unspecified atom stereocenters. The lowest BCUT2D eigenvalue weighted by atomic mass is 10.1. The van der Waals surface area contributed by atoms with Crippen LogP contribution in [0.4, 0.5) is 16.2 Å². The van der Waals surface area contributed by atoms with Crippen molar-refractivity contribution in [3.05, 3.63) is 93.0 Å². The van der Waals surface area contributed by atoms with Crippen LogP contribution in [-0.2, 0) is 14.4 Å². The second-order valence-corrected chi connectivity index (χ2v) is 9.13. The number of rotatable bonds is 6. The zero-order valence-electron chi connectivity index (χ0n) is 19.8. The monoisotopic (exact) mass is 537 g/mol. The van der Waals surface area contributed by atoms with Crippen LogP contribution in [0.25, 0.3) is 6.08 Å². The van der Waals surface area contributed by atoms with Gasteiger partial charge in [0.2, 0.25) is 0 Å². The van der Waals surface area contributed by atoms with E-state index in [2.05, 4.69) is 10.6 Å². The molecular weight excluding hydrogens is 517 g/mol. The summed E-state index contributed by atoms with van der Waals surface area (Å²) in [5, 5.41) is 5.43. The summed E-state index contributed by atoms with van der Waals surface area (Å²) in [7, 11) is 0. The number of ether oxygens (including phenoxy) is 1. The van der Waals surface area contributed by atoms with Crippen LogP contribution in [-0.4, -0.2) is 30.4 Å². The third-order valence-corrected chi connectivity index (χ3v) is 5.98. The molecular formula is C27H21Cl2N3O5. The lowest BCUT2D eigenvalue weighted by molar-refractivity contribution is -0.122. The number of barbiturate groups is 1. The molecule has 4 rings (SSSR count). The molecule has 0 radical (unpaired) electrons. The van der Waals surface area contributed by atoms with E-state index < -0.39 is 17.8 Å². The molecule has 3 aromatic rings. The average Bonchev–Trinajstić information content (AvgIpc) is 2.83. The molecule has 37 heavy (non-hydrogen) atoms. The Labute approximate surface area is 222 Å². The largest absolute Gasteiger partial charge is 0.482 e. The highest BCUT2D eigenvalue weighted by molar-refractivity contribution is 6.39. The molecule has 3 aromatic carbocycles. The maximum Gasteiger partial charge on any atom is 0.335 e. The standard InChI is InChI=1S/C27H21Cl2N3O5/c1-15-6-8-22(16(2)10-15)30-24(33)14-37-23-9-7-17(12-21(23)29)11-20-25(34)31-27(36)32(26(20)35)19-5-3-4-18(28)13-19/h3-13H,14H2,1-2H3,(H,30,33)(H,31,34,36)/b20-11+. The molecule has 2 N–H and O–H groups in total. The predicted molar refractivity (Wildman–Crippen MR) is 142 cm³/mol. The Bertz CT molecular complexity index is 1470. The number of nitrogens with zero attached hydrogens (tertiary/aromatic N) is 1. The number of halogens is 2. The highest BCUT2D eigenvalue weighted by Gasteiger charge is 2.36. The zero-order valence-corrected chi connectivity index (χ0v) is 21.3. The SMILES string of the molecule is Cc1ccc(NC(=O)COc2ccc(/C=C3\C(=O)NC(=O)N(c4cccc(Cl)c4)C3=O)cc2Cl)c(C)c1. The van der Waals surface area contributed by atoms with Gasteiger partial charge in [0.15, 0.2) is 6.61 Å². The minimum atomic E-state index is -0.879. The second kappa shape index (κ2) is 10.9. The summed E-state index contributed by atoms with van der Waals surface area (Å²) in [6.45, 7) is 3.59. The van der Waals surface area contributed by atoms with Gasteiger partial charge in [-0.1, -0.05) is 53.0 Å². The third-order valence-electron chi connectivity index (χ3n) is 5.45. The van der Waals surface area contributed by atoms with Crippen molar-refractivity contribution in [1.82, 2.24) is 5.32 Å². The van der Waals surface area contributed by atoms with Gasteiger partial charge in [-0.2, -0.15) is 0 Å². The first-order valence-electron chi connectivity index (χ1n) is 11.1. The van der Waals surface area contributed by atoms with Crippen LogP contribution in [0.2, 0.25) is 10.0 Å². The van der Waals surface area contributed by atoms with Crippen molar-refractivity contribution < 1.29 is 23.9 Å². The Kier molecular flexibility index (Phi) is 7.61. The topological polar surface area (TPSA) is 105 Å². The van der Waals surface area contributed by atoms with Crippen LogP contribution in [0.3, 0.4) is 0 Å². The number of hydrogen-bond donors (Lipinski definition) is 2. The van der Waals surface area contributed by atoms with E-state index in [0.717, 1.165) is 16.0 Å².